The van der Waals surface area contributed by atoms with E-state index in [9.17, 15) is 19.8 Å². The average Bonchev–Trinajstić information content (AvgIpc) is 3.36. The number of hydrogen-bond donors (Lipinski definition) is 3. The van der Waals surface area contributed by atoms with Crippen molar-refractivity contribution in [2.24, 2.45) is 0 Å². The Bertz CT molecular complexity index is 1090. The van der Waals surface area contributed by atoms with Crippen molar-refractivity contribution in [3.8, 4) is 0 Å². The summed E-state index contributed by atoms with van der Waals surface area (Å²) in [7, 11) is 0. The zero-order valence-corrected chi connectivity index (χ0v) is 47.3. The third-order valence-corrected chi connectivity index (χ3v) is 14.8. The summed E-state index contributed by atoms with van der Waals surface area (Å²) < 4.78 is 5.47. The van der Waals surface area contributed by atoms with Crippen LogP contribution in [0.15, 0.2) is 24.3 Å². The van der Waals surface area contributed by atoms with Crippen molar-refractivity contribution in [1.82, 2.24) is 5.32 Å². The number of rotatable bonds is 59. The highest BCUT2D eigenvalue weighted by molar-refractivity contribution is 5.76. The number of hydrogen-bond acceptors (Lipinski definition) is 5. The summed E-state index contributed by atoms with van der Waals surface area (Å²) in [6.07, 6.45) is 73.3. The largest absolute Gasteiger partial charge is 0.466 e. The standard InChI is InChI=1S/C64H123NO5/c1-3-5-7-9-11-13-15-17-19-20-26-29-32-36-40-44-48-52-56-62(67)61(60-66)65-63(68)57-53-49-45-41-37-33-30-27-24-22-21-23-25-28-31-35-39-43-47-51-55-59-70-64(69)58-54-50-46-42-38-34-18-16-14-12-10-8-6-4-2/h10,12,16,18,61-62,66-67H,3-9,11,13-15,17,19-60H2,1-2H3,(H,65,68)/b12-10-,18-16-. The van der Waals surface area contributed by atoms with Gasteiger partial charge in [-0.15, -0.1) is 0 Å². The van der Waals surface area contributed by atoms with Gasteiger partial charge in [0, 0.05) is 12.8 Å². The minimum Gasteiger partial charge on any atom is -0.466 e. The average molecular weight is 987 g/mol. The van der Waals surface area contributed by atoms with E-state index in [2.05, 4.69) is 43.5 Å². The Labute approximate surface area is 437 Å². The molecule has 0 aromatic heterocycles. The SMILES string of the molecule is CCCC/C=C\C/C=C\CCCCCCCC(=O)OCCCCCCCCCCCCCCCCCCCCCCCC(=O)NC(CO)C(O)CCCCCCCCCCCCCCCCCCCC. The molecule has 1 amide bonds. The van der Waals surface area contributed by atoms with E-state index >= 15 is 0 Å². The molecule has 0 rings (SSSR count). The van der Waals surface area contributed by atoms with Gasteiger partial charge in [0.15, 0.2) is 0 Å². The molecule has 0 fully saturated rings. The number of nitrogens with one attached hydrogen (secondary N) is 1. The zero-order chi connectivity index (χ0) is 50.7. The normalized spacial score (nSPS) is 12.7. The summed E-state index contributed by atoms with van der Waals surface area (Å²) in [6.45, 7) is 4.93. The molecule has 0 saturated heterocycles. The Hall–Kier alpha value is -1.66. The molecule has 6 nitrogen and oxygen atoms in total. The first kappa shape index (κ1) is 68.3. The molecule has 0 spiro atoms. The van der Waals surface area contributed by atoms with Gasteiger partial charge in [0.25, 0.3) is 0 Å². The van der Waals surface area contributed by atoms with Crippen molar-refractivity contribution in [2.45, 2.75) is 360 Å². The Kier molecular flexibility index (Phi) is 58.5. The summed E-state index contributed by atoms with van der Waals surface area (Å²) in [5.41, 5.74) is 0. The monoisotopic (exact) mass is 986 g/mol. The van der Waals surface area contributed by atoms with Crippen molar-refractivity contribution in [3.05, 3.63) is 24.3 Å². The highest BCUT2D eigenvalue weighted by Gasteiger charge is 2.20. The Morgan fingerprint density at radius 3 is 1.13 bits per heavy atom. The zero-order valence-electron chi connectivity index (χ0n) is 47.3. The van der Waals surface area contributed by atoms with Crippen molar-refractivity contribution < 1.29 is 24.5 Å². The first-order valence-corrected chi connectivity index (χ1v) is 31.6. The van der Waals surface area contributed by atoms with Crippen LogP contribution in [-0.4, -0.2) is 47.4 Å². The molecular weight excluding hydrogens is 863 g/mol. The predicted molar refractivity (Wildman–Crippen MR) is 306 cm³/mol. The molecule has 2 unspecified atom stereocenters. The first-order valence-electron chi connectivity index (χ1n) is 31.6. The smallest absolute Gasteiger partial charge is 0.305 e. The van der Waals surface area contributed by atoms with Gasteiger partial charge in [0.2, 0.25) is 5.91 Å². The molecule has 0 aliphatic heterocycles. The lowest BCUT2D eigenvalue weighted by Crippen LogP contribution is -2.45. The van der Waals surface area contributed by atoms with E-state index in [4.69, 9.17) is 4.74 Å². The van der Waals surface area contributed by atoms with Crippen LogP contribution >= 0.6 is 0 Å². The molecule has 0 saturated carbocycles. The van der Waals surface area contributed by atoms with Crippen LogP contribution in [0.3, 0.4) is 0 Å². The fourth-order valence-electron chi connectivity index (χ4n) is 9.89. The van der Waals surface area contributed by atoms with E-state index in [1.165, 1.54) is 263 Å². The molecule has 0 aliphatic rings. The van der Waals surface area contributed by atoms with Crippen LogP contribution in [-0.2, 0) is 14.3 Å². The van der Waals surface area contributed by atoms with Gasteiger partial charge in [-0.05, 0) is 51.4 Å². The second-order valence-electron chi connectivity index (χ2n) is 21.7. The number of esters is 1. The lowest BCUT2D eigenvalue weighted by molar-refractivity contribution is -0.143. The quantitative estimate of drug-likeness (QED) is 0.0321. The topological polar surface area (TPSA) is 95.9 Å². The molecule has 3 N–H and O–H groups in total. The summed E-state index contributed by atoms with van der Waals surface area (Å²) in [4.78, 5) is 24.6. The Morgan fingerprint density at radius 2 is 0.729 bits per heavy atom. The highest BCUT2D eigenvalue weighted by atomic mass is 16.5. The summed E-state index contributed by atoms with van der Waals surface area (Å²) in [5, 5.41) is 23.4. The fourth-order valence-corrected chi connectivity index (χ4v) is 9.89. The van der Waals surface area contributed by atoms with Gasteiger partial charge < -0.3 is 20.3 Å². The van der Waals surface area contributed by atoms with Gasteiger partial charge >= 0.3 is 5.97 Å². The van der Waals surface area contributed by atoms with Crippen molar-refractivity contribution in [3.63, 3.8) is 0 Å². The second-order valence-corrected chi connectivity index (χ2v) is 21.7. The number of ether oxygens (including phenoxy) is 1. The molecule has 0 bridgehead atoms. The summed E-state index contributed by atoms with van der Waals surface area (Å²) >= 11 is 0. The van der Waals surface area contributed by atoms with Gasteiger partial charge in [-0.25, -0.2) is 0 Å². The van der Waals surface area contributed by atoms with Crippen LogP contribution in [0, 0.1) is 0 Å². The molecule has 2 atom stereocenters. The third kappa shape index (κ3) is 55.7. The van der Waals surface area contributed by atoms with Gasteiger partial charge in [0.05, 0.1) is 25.4 Å². The van der Waals surface area contributed by atoms with Crippen LogP contribution in [0.5, 0.6) is 0 Å². The minimum absolute atomic E-state index is 0.00207. The van der Waals surface area contributed by atoms with E-state index in [0.29, 0.717) is 25.9 Å². The van der Waals surface area contributed by atoms with Crippen molar-refractivity contribution in [1.29, 1.82) is 0 Å². The molecule has 6 heteroatoms. The van der Waals surface area contributed by atoms with Gasteiger partial charge in [-0.2, -0.15) is 0 Å². The van der Waals surface area contributed by atoms with Crippen molar-refractivity contribution >= 4 is 11.9 Å². The van der Waals surface area contributed by atoms with E-state index in [1.807, 2.05) is 0 Å². The van der Waals surface area contributed by atoms with E-state index < -0.39 is 12.1 Å². The third-order valence-electron chi connectivity index (χ3n) is 14.8. The van der Waals surface area contributed by atoms with Crippen LogP contribution < -0.4 is 5.32 Å². The van der Waals surface area contributed by atoms with E-state index in [0.717, 1.165) is 51.4 Å². The van der Waals surface area contributed by atoms with Crippen LogP contribution in [0.1, 0.15) is 348 Å². The maximum absolute atomic E-state index is 12.5. The number of allylic oxidation sites excluding steroid dienone is 4. The number of carbonyl (C=O) groups excluding carboxylic acids is 2. The molecule has 0 aromatic rings. The van der Waals surface area contributed by atoms with Gasteiger partial charge in [0.1, 0.15) is 0 Å². The summed E-state index contributed by atoms with van der Waals surface area (Å²) in [5.74, 6) is -0.0353. The lowest BCUT2D eigenvalue weighted by Gasteiger charge is -2.22. The highest BCUT2D eigenvalue weighted by Crippen LogP contribution is 2.18. The molecule has 0 aliphatic carbocycles. The Balaban J connectivity index is 3.39. The number of amides is 1. The first-order chi connectivity index (χ1) is 34.5. The predicted octanol–water partition coefficient (Wildman–Crippen LogP) is 19.8. The fraction of sp³-hybridized carbons (Fsp3) is 0.906. The number of aliphatic hydroxyl groups is 2. The van der Waals surface area contributed by atoms with Crippen LogP contribution in [0.2, 0.25) is 0 Å². The van der Waals surface area contributed by atoms with Gasteiger partial charge in [-0.3, -0.25) is 9.59 Å². The van der Waals surface area contributed by atoms with E-state index in [-0.39, 0.29) is 18.5 Å². The molecule has 0 heterocycles. The van der Waals surface area contributed by atoms with Gasteiger partial charge in [-0.1, -0.05) is 308 Å². The maximum atomic E-state index is 12.5. The van der Waals surface area contributed by atoms with Crippen molar-refractivity contribution in [2.75, 3.05) is 13.2 Å². The lowest BCUT2D eigenvalue weighted by atomic mass is 10.0. The van der Waals surface area contributed by atoms with E-state index in [1.54, 1.807) is 0 Å². The number of carbonyl (C=O) groups is 2. The maximum Gasteiger partial charge on any atom is 0.305 e. The molecule has 70 heavy (non-hydrogen) atoms. The molecule has 0 radical (unpaired) electrons. The molecular formula is C64H123NO5. The van der Waals surface area contributed by atoms with Crippen LogP contribution in [0.4, 0.5) is 0 Å². The minimum atomic E-state index is -0.665. The summed E-state index contributed by atoms with van der Waals surface area (Å²) in [6, 6.07) is -0.543. The molecule has 0 aromatic carbocycles. The Morgan fingerprint density at radius 1 is 0.400 bits per heavy atom. The van der Waals surface area contributed by atoms with Crippen LogP contribution in [0.25, 0.3) is 0 Å². The second kappa shape index (κ2) is 59.9. The number of unbranched alkanes of at least 4 members (excludes halogenated alkanes) is 44. The molecule has 414 valence electrons. The number of aliphatic hydroxyl groups excluding tert-OH is 2.